The van der Waals surface area contributed by atoms with Crippen molar-refractivity contribution in [3.05, 3.63) is 0 Å². The third kappa shape index (κ3) is 2.27. The molecule has 0 aromatic heterocycles. The molecular formula is C11H19NO2. The van der Waals surface area contributed by atoms with Gasteiger partial charge in [0.2, 0.25) is 0 Å². The normalized spacial score (nSPS) is 26.9. The van der Waals surface area contributed by atoms with Crippen LogP contribution >= 0.6 is 0 Å². The lowest BCUT2D eigenvalue weighted by atomic mass is 10.1. The molecule has 1 saturated carbocycles. The number of carbonyl (C=O) groups is 1. The molecule has 3 nitrogen and oxygen atoms in total. The zero-order valence-electron chi connectivity index (χ0n) is 8.61. The first-order valence-corrected chi connectivity index (χ1v) is 5.76. The van der Waals surface area contributed by atoms with E-state index in [0.717, 1.165) is 25.9 Å². The van der Waals surface area contributed by atoms with E-state index in [4.69, 9.17) is 0 Å². The monoisotopic (exact) mass is 197 g/mol. The Labute approximate surface area is 85.1 Å². The summed E-state index contributed by atoms with van der Waals surface area (Å²) in [5.41, 5.74) is 0. The maximum atomic E-state index is 11.2. The van der Waals surface area contributed by atoms with Crippen LogP contribution in [0.3, 0.4) is 0 Å². The van der Waals surface area contributed by atoms with Crippen molar-refractivity contribution in [2.75, 3.05) is 13.1 Å². The standard InChI is InChI=1S/C11H19NO2/c13-11(14)10(9-5-6-9)12-7-3-1-2-4-8-12/h9-10H,1-8H2,(H,13,14). The van der Waals surface area contributed by atoms with E-state index in [1.54, 1.807) is 0 Å². The largest absolute Gasteiger partial charge is 0.480 e. The van der Waals surface area contributed by atoms with Gasteiger partial charge in [0, 0.05) is 0 Å². The second-order valence-corrected chi connectivity index (χ2v) is 4.57. The van der Waals surface area contributed by atoms with Crippen LogP contribution in [0.15, 0.2) is 0 Å². The Balaban J connectivity index is 1.97. The smallest absolute Gasteiger partial charge is 0.321 e. The van der Waals surface area contributed by atoms with Gasteiger partial charge in [0.1, 0.15) is 6.04 Å². The van der Waals surface area contributed by atoms with Crippen LogP contribution in [0.1, 0.15) is 38.5 Å². The number of hydrogen-bond acceptors (Lipinski definition) is 2. The molecule has 1 unspecified atom stereocenters. The molecule has 2 aliphatic rings. The van der Waals surface area contributed by atoms with Crippen molar-refractivity contribution in [2.45, 2.75) is 44.6 Å². The second kappa shape index (κ2) is 4.30. The molecule has 1 aliphatic heterocycles. The van der Waals surface area contributed by atoms with Gasteiger partial charge in [0.05, 0.1) is 0 Å². The zero-order valence-corrected chi connectivity index (χ0v) is 8.61. The van der Waals surface area contributed by atoms with Crippen LogP contribution in [0.25, 0.3) is 0 Å². The van der Waals surface area contributed by atoms with Crippen LogP contribution in [-0.4, -0.2) is 35.1 Å². The van der Waals surface area contributed by atoms with Crippen molar-refractivity contribution in [3.63, 3.8) is 0 Å². The van der Waals surface area contributed by atoms with Crippen molar-refractivity contribution < 1.29 is 9.90 Å². The minimum Gasteiger partial charge on any atom is -0.480 e. The highest BCUT2D eigenvalue weighted by molar-refractivity contribution is 5.74. The van der Waals surface area contributed by atoms with Crippen LogP contribution in [0, 0.1) is 5.92 Å². The Morgan fingerprint density at radius 2 is 1.71 bits per heavy atom. The molecule has 1 heterocycles. The van der Waals surface area contributed by atoms with E-state index < -0.39 is 5.97 Å². The van der Waals surface area contributed by atoms with E-state index in [2.05, 4.69) is 4.90 Å². The van der Waals surface area contributed by atoms with Crippen LogP contribution in [0.2, 0.25) is 0 Å². The highest BCUT2D eigenvalue weighted by atomic mass is 16.4. The molecule has 1 atom stereocenters. The summed E-state index contributed by atoms with van der Waals surface area (Å²) in [6, 6.07) is -0.173. The average molecular weight is 197 g/mol. The third-order valence-electron chi connectivity index (χ3n) is 3.36. The molecule has 1 aliphatic carbocycles. The Bertz CT molecular complexity index is 205. The van der Waals surface area contributed by atoms with E-state index in [9.17, 15) is 9.90 Å². The van der Waals surface area contributed by atoms with Gasteiger partial charge < -0.3 is 5.11 Å². The highest BCUT2D eigenvalue weighted by Crippen LogP contribution is 2.36. The molecule has 0 aromatic carbocycles. The number of nitrogens with zero attached hydrogens (tertiary/aromatic N) is 1. The molecule has 1 N–H and O–H groups in total. The maximum Gasteiger partial charge on any atom is 0.321 e. The fourth-order valence-electron chi connectivity index (χ4n) is 2.44. The van der Waals surface area contributed by atoms with Gasteiger partial charge in [0.25, 0.3) is 0 Å². The van der Waals surface area contributed by atoms with Gasteiger partial charge in [-0.1, -0.05) is 12.8 Å². The molecule has 0 bridgehead atoms. The highest BCUT2D eigenvalue weighted by Gasteiger charge is 2.39. The molecule has 0 amide bonds. The summed E-state index contributed by atoms with van der Waals surface area (Å²) in [4.78, 5) is 13.4. The second-order valence-electron chi connectivity index (χ2n) is 4.57. The Morgan fingerprint density at radius 3 is 2.14 bits per heavy atom. The van der Waals surface area contributed by atoms with Crippen LogP contribution in [0.5, 0.6) is 0 Å². The van der Waals surface area contributed by atoms with Gasteiger partial charge in [-0.05, 0) is 44.7 Å². The topological polar surface area (TPSA) is 40.5 Å². The zero-order chi connectivity index (χ0) is 9.97. The molecule has 14 heavy (non-hydrogen) atoms. The summed E-state index contributed by atoms with van der Waals surface area (Å²) >= 11 is 0. The number of aliphatic carboxylic acids is 1. The first-order chi connectivity index (χ1) is 6.79. The summed E-state index contributed by atoms with van der Waals surface area (Å²) in [5.74, 6) is -0.153. The lowest BCUT2D eigenvalue weighted by molar-refractivity contribution is -0.144. The van der Waals surface area contributed by atoms with Crippen molar-refractivity contribution in [1.29, 1.82) is 0 Å². The quantitative estimate of drug-likeness (QED) is 0.749. The van der Waals surface area contributed by atoms with E-state index in [1.807, 2.05) is 0 Å². The predicted octanol–water partition coefficient (Wildman–Crippen LogP) is 1.73. The van der Waals surface area contributed by atoms with Gasteiger partial charge in [-0.2, -0.15) is 0 Å². The first kappa shape index (κ1) is 9.97. The summed E-state index contributed by atoms with van der Waals surface area (Å²) in [6.07, 6.45) is 7.13. The van der Waals surface area contributed by atoms with E-state index in [1.165, 1.54) is 25.7 Å². The lowest BCUT2D eigenvalue weighted by Crippen LogP contribution is -2.43. The summed E-state index contributed by atoms with van der Waals surface area (Å²) in [7, 11) is 0. The number of rotatable bonds is 3. The predicted molar refractivity (Wildman–Crippen MR) is 54.2 cm³/mol. The van der Waals surface area contributed by atoms with Gasteiger partial charge >= 0.3 is 5.97 Å². The molecular weight excluding hydrogens is 178 g/mol. The van der Waals surface area contributed by atoms with Gasteiger partial charge in [0.15, 0.2) is 0 Å². The molecule has 2 rings (SSSR count). The Hall–Kier alpha value is -0.570. The van der Waals surface area contributed by atoms with Crippen LogP contribution in [-0.2, 0) is 4.79 Å². The van der Waals surface area contributed by atoms with E-state index in [-0.39, 0.29) is 6.04 Å². The van der Waals surface area contributed by atoms with Crippen molar-refractivity contribution >= 4 is 5.97 Å². The number of carboxylic acids is 1. The van der Waals surface area contributed by atoms with Gasteiger partial charge in [-0.3, -0.25) is 9.69 Å². The SMILES string of the molecule is O=C(O)C(C1CC1)N1CCCCCC1. The summed E-state index contributed by atoms with van der Waals surface area (Å²) in [6.45, 7) is 1.99. The first-order valence-electron chi connectivity index (χ1n) is 5.76. The Morgan fingerprint density at radius 1 is 1.14 bits per heavy atom. The maximum absolute atomic E-state index is 11.2. The number of likely N-dealkylation sites (tertiary alicyclic amines) is 1. The minimum absolute atomic E-state index is 0.173. The van der Waals surface area contributed by atoms with Crippen LogP contribution < -0.4 is 0 Å². The van der Waals surface area contributed by atoms with Crippen molar-refractivity contribution in [1.82, 2.24) is 4.90 Å². The van der Waals surface area contributed by atoms with Crippen molar-refractivity contribution in [2.24, 2.45) is 5.92 Å². The fourth-order valence-corrected chi connectivity index (χ4v) is 2.44. The average Bonchev–Trinajstić information content (AvgIpc) is 2.91. The van der Waals surface area contributed by atoms with Crippen molar-refractivity contribution in [3.8, 4) is 0 Å². The lowest BCUT2D eigenvalue weighted by Gasteiger charge is -2.27. The summed E-state index contributed by atoms with van der Waals surface area (Å²) in [5, 5.41) is 9.19. The third-order valence-corrected chi connectivity index (χ3v) is 3.36. The molecule has 0 radical (unpaired) electrons. The fraction of sp³-hybridized carbons (Fsp3) is 0.909. The number of hydrogen-bond donors (Lipinski definition) is 1. The molecule has 1 saturated heterocycles. The summed E-state index contributed by atoms with van der Waals surface area (Å²) < 4.78 is 0. The molecule has 0 spiro atoms. The van der Waals surface area contributed by atoms with Gasteiger partial charge in [-0.15, -0.1) is 0 Å². The Kier molecular flexibility index (Phi) is 3.06. The molecule has 80 valence electrons. The van der Waals surface area contributed by atoms with Gasteiger partial charge in [-0.25, -0.2) is 0 Å². The molecule has 2 fully saturated rings. The molecule has 0 aromatic rings. The molecule has 3 heteroatoms. The van der Waals surface area contributed by atoms with Crippen LogP contribution in [0.4, 0.5) is 0 Å². The van der Waals surface area contributed by atoms with E-state index >= 15 is 0 Å². The van der Waals surface area contributed by atoms with E-state index in [0.29, 0.717) is 5.92 Å². The number of carboxylic acid groups (broad SMARTS) is 1. The minimum atomic E-state index is -0.602.